The minimum absolute atomic E-state index is 0.203. The van der Waals surface area contributed by atoms with Crippen molar-refractivity contribution in [3.05, 3.63) is 0 Å². The Morgan fingerprint density at radius 3 is 2.69 bits per heavy atom. The molecule has 1 heterocycles. The molecule has 0 spiro atoms. The van der Waals surface area contributed by atoms with Gasteiger partial charge in [0.15, 0.2) is 0 Å². The molecule has 0 aromatic rings. The Kier molecular flexibility index (Phi) is 3.51. The first-order valence-corrected chi connectivity index (χ1v) is 6.50. The summed E-state index contributed by atoms with van der Waals surface area (Å²) < 4.78 is 0. The van der Waals surface area contributed by atoms with Gasteiger partial charge in [-0.25, -0.2) is 0 Å². The summed E-state index contributed by atoms with van der Waals surface area (Å²) in [6.45, 7) is 6.58. The van der Waals surface area contributed by atoms with Crippen LogP contribution in [0, 0.1) is 11.3 Å². The molecule has 90 valence electrons. The highest BCUT2D eigenvalue weighted by Gasteiger charge is 2.36. The highest BCUT2D eigenvalue weighted by molar-refractivity contribution is 4.98. The van der Waals surface area contributed by atoms with E-state index >= 15 is 0 Å². The highest BCUT2D eigenvalue weighted by atomic mass is 15.3. The lowest BCUT2D eigenvalue weighted by atomic mass is 9.95. The predicted molar refractivity (Wildman–Crippen MR) is 65.1 cm³/mol. The maximum atomic E-state index is 8.90. The van der Waals surface area contributed by atoms with Crippen LogP contribution in [0.25, 0.3) is 0 Å². The Labute approximate surface area is 98.8 Å². The van der Waals surface area contributed by atoms with E-state index in [1.54, 1.807) is 0 Å². The summed E-state index contributed by atoms with van der Waals surface area (Å²) >= 11 is 0. The molecule has 2 fully saturated rings. The number of rotatable bonds is 2. The zero-order chi connectivity index (χ0) is 11.6. The molecule has 2 aliphatic rings. The van der Waals surface area contributed by atoms with Crippen LogP contribution in [0.3, 0.4) is 0 Å². The predicted octanol–water partition coefficient (Wildman–Crippen LogP) is 1.90. The van der Waals surface area contributed by atoms with E-state index in [-0.39, 0.29) is 5.54 Å². The van der Waals surface area contributed by atoms with Crippen molar-refractivity contribution in [1.29, 1.82) is 5.26 Å². The molecule has 1 saturated carbocycles. The summed E-state index contributed by atoms with van der Waals surface area (Å²) in [4.78, 5) is 2.60. The van der Waals surface area contributed by atoms with E-state index in [9.17, 15) is 0 Å². The van der Waals surface area contributed by atoms with Crippen LogP contribution >= 0.6 is 0 Å². The summed E-state index contributed by atoms with van der Waals surface area (Å²) in [5, 5.41) is 12.5. The topological polar surface area (TPSA) is 39.1 Å². The Morgan fingerprint density at radius 2 is 2.06 bits per heavy atom. The van der Waals surface area contributed by atoms with Crippen LogP contribution in [0.1, 0.15) is 46.0 Å². The van der Waals surface area contributed by atoms with Gasteiger partial charge >= 0.3 is 0 Å². The lowest BCUT2D eigenvalue weighted by molar-refractivity contribution is 0.0580. The van der Waals surface area contributed by atoms with Gasteiger partial charge in [0.25, 0.3) is 0 Å². The van der Waals surface area contributed by atoms with Crippen LogP contribution < -0.4 is 5.32 Å². The van der Waals surface area contributed by atoms with E-state index in [4.69, 9.17) is 5.26 Å². The first-order valence-electron chi connectivity index (χ1n) is 6.50. The minimum Gasteiger partial charge on any atom is -0.309 e. The lowest BCUT2D eigenvalue weighted by Crippen LogP contribution is -2.63. The van der Waals surface area contributed by atoms with E-state index in [2.05, 4.69) is 30.1 Å². The summed E-state index contributed by atoms with van der Waals surface area (Å²) in [6, 6.07) is 3.50. The van der Waals surface area contributed by atoms with E-state index < -0.39 is 0 Å². The molecule has 1 saturated heterocycles. The molecule has 16 heavy (non-hydrogen) atoms. The van der Waals surface area contributed by atoms with Gasteiger partial charge in [-0.05, 0) is 26.7 Å². The Bertz CT molecular complexity index is 273. The standard InChI is InChI=1S/C13H23N3/c1-13(2)10-16(11-5-3-4-6-11)12(7-8-14)9-15-13/h11-12,15H,3-7,9-10H2,1-2H3. The molecule has 1 atom stereocenters. The second kappa shape index (κ2) is 4.73. The van der Waals surface area contributed by atoms with Gasteiger partial charge in [0.05, 0.1) is 12.5 Å². The molecule has 0 aromatic heterocycles. The van der Waals surface area contributed by atoms with Gasteiger partial charge in [-0.15, -0.1) is 0 Å². The fraction of sp³-hybridized carbons (Fsp3) is 0.923. The SMILES string of the molecule is CC1(C)CN(C2CCCC2)C(CC#N)CN1. The summed E-state index contributed by atoms with van der Waals surface area (Å²) in [7, 11) is 0. The zero-order valence-electron chi connectivity index (χ0n) is 10.5. The number of hydrogen-bond donors (Lipinski definition) is 1. The molecular weight excluding hydrogens is 198 g/mol. The zero-order valence-corrected chi connectivity index (χ0v) is 10.5. The third-order valence-corrected chi connectivity index (χ3v) is 3.98. The maximum Gasteiger partial charge on any atom is 0.0638 e. The first-order chi connectivity index (χ1) is 7.62. The third kappa shape index (κ3) is 2.56. The van der Waals surface area contributed by atoms with Crippen molar-refractivity contribution in [1.82, 2.24) is 10.2 Å². The molecule has 3 heteroatoms. The van der Waals surface area contributed by atoms with Crippen molar-refractivity contribution in [2.75, 3.05) is 13.1 Å². The quantitative estimate of drug-likeness (QED) is 0.774. The highest BCUT2D eigenvalue weighted by Crippen LogP contribution is 2.29. The monoisotopic (exact) mass is 221 g/mol. The van der Waals surface area contributed by atoms with Gasteiger partial charge in [0.2, 0.25) is 0 Å². The maximum absolute atomic E-state index is 8.90. The van der Waals surface area contributed by atoms with E-state index in [0.29, 0.717) is 12.5 Å². The summed E-state index contributed by atoms with van der Waals surface area (Å²) in [5.41, 5.74) is 0.203. The second-order valence-corrected chi connectivity index (χ2v) is 5.89. The molecule has 0 amide bonds. The smallest absolute Gasteiger partial charge is 0.0638 e. The minimum atomic E-state index is 0.203. The number of nitrogens with zero attached hydrogens (tertiary/aromatic N) is 2. The van der Waals surface area contributed by atoms with E-state index in [1.807, 2.05) is 0 Å². The lowest BCUT2D eigenvalue weighted by Gasteiger charge is -2.46. The number of hydrogen-bond acceptors (Lipinski definition) is 3. The summed E-state index contributed by atoms with van der Waals surface area (Å²) in [6.07, 6.45) is 6.07. The van der Waals surface area contributed by atoms with Crippen molar-refractivity contribution >= 4 is 0 Å². The van der Waals surface area contributed by atoms with Crippen LogP contribution in [0.5, 0.6) is 0 Å². The molecule has 2 rings (SSSR count). The van der Waals surface area contributed by atoms with Gasteiger partial charge in [-0.1, -0.05) is 12.8 Å². The normalized spacial score (nSPS) is 31.4. The van der Waals surface area contributed by atoms with Crippen molar-refractivity contribution in [2.24, 2.45) is 0 Å². The molecule has 3 nitrogen and oxygen atoms in total. The van der Waals surface area contributed by atoms with Crippen LogP contribution in [0.4, 0.5) is 0 Å². The average Bonchev–Trinajstić information content (AvgIpc) is 2.74. The molecule has 1 N–H and O–H groups in total. The fourth-order valence-electron chi connectivity index (χ4n) is 3.11. The molecule has 1 aliphatic carbocycles. The number of nitrogens with one attached hydrogen (secondary N) is 1. The van der Waals surface area contributed by atoms with Gasteiger partial charge < -0.3 is 5.32 Å². The Hall–Kier alpha value is -0.590. The Balaban J connectivity index is 2.05. The molecule has 0 radical (unpaired) electrons. The van der Waals surface area contributed by atoms with Crippen LogP contribution in [0.15, 0.2) is 0 Å². The Morgan fingerprint density at radius 1 is 1.38 bits per heavy atom. The van der Waals surface area contributed by atoms with Crippen molar-refractivity contribution in [3.63, 3.8) is 0 Å². The van der Waals surface area contributed by atoms with Gasteiger partial charge in [0.1, 0.15) is 0 Å². The fourth-order valence-corrected chi connectivity index (χ4v) is 3.11. The van der Waals surface area contributed by atoms with Crippen molar-refractivity contribution in [3.8, 4) is 6.07 Å². The first kappa shape index (κ1) is 11.9. The second-order valence-electron chi connectivity index (χ2n) is 5.89. The number of piperazine rings is 1. The largest absolute Gasteiger partial charge is 0.309 e. The van der Waals surface area contributed by atoms with Crippen LogP contribution in [0.2, 0.25) is 0 Å². The number of nitriles is 1. The average molecular weight is 221 g/mol. The van der Waals surface area contributed by atoms with E-state index in [1.165, 1.54) is 25.7 Å². The molecule has 0 aromatic carbocycles. The van der Waals surface area contributed by atoms with Gasteiger partial charge in [0, 0.05) is 30.7 Å². The molecule has 1 aliphatic heterocycles. The summed E-state index contributed by atoms with van der Waals surface area (Å²) in [5.74, 6) is 0. The van der Waals surface area contributed by atoms with Crippen molar-refractivity contribution in [2.45, 2.75) is 63.6 Å². The molecule has 0 bridgehead atoms. The van der Waals surface area contributed by atoms with Crippen LogP contribution in [-0.4, -0.2) is 35.6 Å². The van der Waals surface area contributed by atoms with Gasteiger partial charge in [-0.3, -0.25) is 4.90 Å². The van der Waals surface area contributed by atoms with Crippen molar-refractivity contribution < 1.29 is 0 Å². The molecule has 1 unspecified atom stereocenters. The van der Waals surface area contributed by atoms with E-state index in [0.717, 1.165) is 19.1 Å². The third-order valence-electron chi connectivity index (χ3n) is 3.98. The van der Waals surface area contributed by atoms with Crippen LogP contribution in [-0.2, 0) is 0 Å². The molecular formula is C13H23N3. The van der Waals surface area contributed by atoms with Gasteiger partial charge in [-0.2, -0.15) is 5.26 Å².